The van der Waals surface area contributed by atoms with Gasteiger partial charge >= 0.3 is 5.97 Å². The van der Waals surface area contributed by atoms with Crippen molar-refractivity contribution in [3.63, 3.8) is 0 Å². The number of aromatic nitrogens is 2. The number of methoxy groups -OCH3 is 1. The summed E-state index contributed by atoms with van der Waals surface area (Å²) in [5.41, 5.74) is 1.34. The number of aryl methyl sites for hydroxylation is 1. The smallest absolute Gasteiger partial charge is 0.321 e. The number of carbonyl (C=O) groups is 1. The molecular formula is C14H14N2O3. The molecule has 1 aromatic carbocycles. The molecule has 5 heteroatoms. The molecule has 1 heterocycles. The number of hydrogen-bond donors (Lipinski definition) is 0. The molecule has 0 bridgehead atoms. The van der Waals surface area contributed by atoms with Crippen LogP contribution in [0, 0.1) is 6.92 Å². The first-order valence-electron chi connectivity index (χ1n) is 6.15. The molecule has 19 heavy (non-hydrogen) atoms. The molecule has 0 unspecified atom stereocenters. The van der Waals surface area contributed by atoms with Gasteiger partial charge in [-0.3, -0.25) is 4.79 Å². The van der Waals surface area contributed by atoms with Crippen LogP contribution in [0.4, 0.5) is 0 Å². The fourth-order valence-corrected chi connectivity index (χ4v) is 2.06. The number of esters is 1. The first-order chi connectivity index (χ1) is 9.15. The minimum atomic E-state index is -0.704. The average Bonchev–Trinajstić information content (AvgIpc) is 3.10. The van der Waals surface area contributed by atoms with E-state index in [4.69, 9.17) is 9.26 Å². The maximum Gasteiger partial charge on any atom is 0.321 e. The molecule has 1 aromatic heterocycles. The molecular weight excluding hydrogens is 244 g/mol. The van der Waals surface area contributed by atoms with Crippen LogP contribution in [0.3, 0.4) is 0 Å². The number of ether oxygens (including phenoxy) is 1. The highest BCUT2D eigenvalue weighted by molar-refractivity contribution is 5.85. The monoisotopic (exact) mass is 258 g/mol. The predicted molar refractivity (Wildman–Crippen MR) is 67.4 cm³/mol. The van der Waals surface area contributed by atoms with Crippen LogP contribution >= 0.6 is 0 Å². The van der Waals surface area contributed by atoms with E-state index in [0.29, 0.717) is 24.6 Å². The molecule has 0 aliphatic heterocycles. The molecule has 0 saturated heterocycles. The highest BCUT2D eigenvalue weighted by atomic mass is 16.5. The summed E-state index contributed by atoms with van der Waals surface area (Å²) < 4.78 is 10.0. The van der Waals surface area contributed by atoms with Crippen molar-refractivity contribution in [3.05, 3.63) is 35.7 Å². The largest absolute Gasteiger partial charge is 0.468 e. The quantitative estimate of drug-likeness (QED) is 0.790. The second kappa shape index (κ2) is 4.19. The summed E-state index contributed by atoms with van der Waals surface area (Å²) in [6.07, 6.45) is 1.41. The SMILES string of the molecule is COC(=O)C1(c2nc(-c3ccc(C)cc3)no2)CC1. The lowest BCUT2D eigenvalue weighted by Crippen LogP contribution is -2.22. The topological polar surface area (TPSA) is 65.2 Å². The van der Waals surface area contributed by atoms with Crippen molar-refractivity contribution in [3.8, 4) is 11.4 Å². The van der Waals surface area contributed by atoms with Gasteiger partial charge in [0.2, 0.25) is 11.7 Å². The van der Waals surface area contributed by atoms with E-state index in [1.54, 1.807) is 0 Å². The van der Waals surface area contributed by atoms with Crippen LogP contribution in [0.2, 0.25) is 0 Å². The second-order valence-electron chi connectivity index (χ2n) is 4.86. The van der Waals surface area contributed by atoms with Gasteiger partial charge in [-0.25, -0.2) is 0 Å². The first kappa shape index (κ1) is 11.9. The maximum atomic E-state index is 11.7. The van der Waals surface area contributed by atoms with Gasteiger partial charge in [-0.15, -0.1) is 0 Å². The van der Waals surface area contributed by atoms with Crippen molar-refractivity contribution in [1.29, 1.82) is 0 Å². The number of hydrogen-bond acceptors (Lipinski definition) is 5. The summed E-state index contributed by atoms with van der Waals surface area (Å²) in [6.45, 7) is 2.02. The Morgan fingerprint density at radius 1 is 1.32 bits per heavy atom. The van der Waals surface area contributed by atoms with Crippen LogP contribution in [-0.4, -0.2) is 23.2 Å². The van der Waals surface area contributed by atoms with E-state index in [1.165, 1.54) is 12.7 Å². The summed E-state index contributed by atoms with van der Waals surface area (Å²) >= 11 is 0. The molecule has 5 nitrogen and oxygen atoms in total. The zero-order chi connectivity index (χ0) is 13.5. The third kappa shape index (κ3) is 1.91. The number of carbonyl (C=O) groups excluding carboxylic acids is 1. The Morgan fingerprint density at radius 2 is 2.00 bits per heavy atom. The van der Waals surface area contributed by atoms with Crippen molar-refractivity contribution in [2.75, 3.05) is 7.11 Å². The molecule has 3 rings (SSSR count). The minimum Gasteiger partial charge on any atom is -0.468 e. The third-order valence-corrected chi connectivity index (χ3v) is 3.47. The zero-order valence-electron chi connectivity index (χ0n) is 10.8. The maximum absolute atomic E-state index is 11.7. The Hall–Kier alpha value is -2.17. The second-order valence-corrected chi connectivity index (χ2v) is 4.86. The third-order valence-electron chi connectivity index (χ3n) is 3.47. The van der Waals surface area contributed by atoms with Gasteiger partial charge in [0.15, 0.2) is 0 Å². The standard InChI is InChI=1S/C14H14N2O3/c1-9-3-5-10(6-4-9)11-15-12(19-16-11)14(7-8-14)13(17)18-2/h3-6H,7-8H2,1-2H3. The van der Waals surface area contributed by atoms with Gasteiger partial charge in [-0.1, -0.05) is 35.0 Å². The summed E-state index contributed by atoms with van der Waals surface area (Å²) in [7, 11) is 1.37. The van der Waals surface area contributed by atoms with Crippen molar-refractivity contribution in [1.82, 2.24) is 10.1 Å². The van der Waals surface area contributed by atoms with Crippen LogP contribution in [-0.2, 0) is 14.9 Å². The lowest BCUT2D eigenvalue weighted by Gasteiger charge is -2.05. The van der Waals surface area contributed by atoms with Crippen molar-refractivity contribution >= 4 is 5.97 Å². The van der Waals surface area contributed by atoms with E-state index in [2.05, 4.69) is 10.1 Å². The molecule has 0 N–H and O–H groups in total. The molecule has 0 radical (unpaired) electrons. The van der Waals surface area contributed by atoms with E-state index in [-0.39, 0.29) is 5.97 Å². The number of nitrogens with zero attached hydrogens (tertiary/aromatic N) is 2. The van der Waals surface area contributed by atoms with Crippen LogP contribution in [0.15, 0.2) is 28.8 Å². The first-order valence-corrected chi connectivity index (χ1v) is 6.15. The average molecular weight is 258 g/mol. The summed E-state index contributed by atoms with van der Waals surface area (Å²) in [6, 6.07) is 7.83. The molecule has 1 aliphatic rings. The van der Waals surface area contributed by atoms with Gasteiger partial charge in [0.1, 0.15) is 5.41 Å². The van der Waals surface area contributed by atoms with E-state index in [0.717, 1.165) is 5.56 Å². The summed E-state index contributed by atoms with van der Waals surface area (Å²) in [4.78, 5) is 16.1. The van der Waals surface area contributed by atoms with E-state index >= 15 is 0 Å². The Labute approximate surface area is 110 Å². The zero-order valence-corrected chi connectivity index (χ0v) is 10.8. The molecule has 0 amide bonds. The fraction of sp³-hybridized carbons (Fsp3) is 0.357. The predicted octanol–water partition coefficient (Wildman–Crippen LogP) is 2.25. The molecule has 0 spiro atoms. The summed E-state index contributed by atoms with van der Waals surface area (Å²) in [5.74, 6) is 0.562. The highest BCUT2D eigenvalue weighted by Gasteiger charge is 2.57. The van der Waals surface area contributed by atoms with Crippen molar-refractivity contribution in [2.24, 2.45) is 0 Å². The normalized spacial score (nSPS) is 16.1. The van der Waals surface area contributed by atoms with Gasteiger partial charge in [0.05, 0.1) is 7.11 Å². The van der Waals surface area contributed by atoms with Gasteiger partial charge in [-0.2, -0.15) is 4.98 Å². The lowest BCUT2D eigenvalue weighted by atomic mass is 10.1. The summed E-state index contributed by atoms with van der Waals surface area (Å²) in [5, 5.41) is 3.95. The van der Waals surface area contributed by atoms with Crippen molar-refractivity contribution < 1.29 is 14.1 Å². The van der Waals surface area contributed by atoms with Crippen LogP contribution in [0.5, 0.6) is 0 Å². The van der Waals surface area contributed by atoms with Gasteiger partial charge in [0, 0.05) is 5.56 Å². The van der Waals surface area contributed by atoms with E-state index < -0.39 is 5.41 Å². The number of benzene rings is 1. The van der Waals surface area contributed by atoms with Crippen LogP contribution in [0.25, 0.3) is 11.4 Å². The Kier molecular flexibility index (Phi) is 2.62. The fourth-order valence-electron chi connectivity index (χ4n) is 2.06. The molecule has 1 saturated carbocycles. The Bertz CT molecular complexity index is 612. The minimum absolute atomic E-state index is 0.299. The molecule has 0 atom stereocenters. The number of rotatable bonds is 3. The molecule has 2 aromatic rings. The lowest BCUT2D eigenvalue weighted by molar-refractivity contribution is -0.144. The van der Waals surface area contributed by atoms with Crippen molar-refractivity contribution in [2.45, 2.75) is 25.2 Å². The Morgan fingerprint density at radius 3 is 2.58 bits per heavy atom. The van der Waals surface area contributed by atoms with E-state index in [9.17, 15) is 4.79 Å². The van der Waals surface area contributed by atoms with Gasteiger partial charge < -0.3 is 9.26 Å². The van der Waals surface area contributed by atoms with Crippen LogP contribution < -0.4 is 0 Å². The van der Waals surface area contributed by atoms with Gasteiger partial charge in [-0.05, 0) is 19.8 Å². The molecule has 1 fully saturated rings. The van der Waals surface area contributed by atoms with Crippen LogP contribution in [0.1, 0.15) is 24.3 Å². The Balaban J connectivity index is 1.92. The molecule has 1 aliphatic carbocycles. The van der Waals surface area contributed by atoms with E-state index in [1.807, 2.05) is 31.2 Å². The molecule has 98 valence electrons. The highest BCUT2D eigenvalue weighted by Crippen LogP contribution is 2.48. The van der Waals surface area contributed by atoms with Gasteiger partial charge in [0.25, 0.3) is 0 Å².